The molecule has 33 heavy (non-hydrogen) atoms. The van der Waals surface area contributed by atoms with Crippen LogP contribution in [0.5, 0.6) is 0 Å². The molecule has 6 atom stereocenters. The number of hydrogen-bond acceptors (Lipinski definition) is 5. The SMILES string of the molecule is C=C1/C(=C\C=C2/CCC[C@]3(C)[C@@H]([C@H](C)CCCCO)CC[C@@H]23)CC(O)CC1(O)c1nccs1. The molecule has 0 aliphatic heterocycles. The summed E-state index contributed by atoms with van der Waals surface area (Å²) in [5.74, 6) is 2.07. The smallest absolute Gasteiger partial charge is 0.143 e. The lowest BCUT2D eigenvalue weighted by Gasteiger charge is -2.44. The summed E-state index contributed by atoms with van der Waals surface area (Å²) in [7, 11) is 0. The van der Waals surface area contributed by atoms with Gasteiger partial charge >= 0.3 is 0 Å². The Balaban J connectivity index is 1.54. The lowest BCUT2D eigenvalue weighted by Crippen LogP contribution is -2.38. The second kappa shape index (κ2) is 10.2. The molecule has 3 aliphatic rings. The third-order valence-electron chi connectivity index (χ3n) is 8.95. The Bertz CT molecular complexity index is 891. The summed E-state index contributed by atoms with van der Waals surface area (Å²) in [6.07, 6.45) is 15.8. The van der Waals surface area contributed by atoms with Crippen molar-refractivity contribution < 1.29 is 15.3 Å². The molecule has 182 valence electrons. The maximum Gasteiger partial charge on any atom is 0.143 e. The number of hydrogen-bond donors (Lipinski definition) is 3. The van der Waals surface area contributed by atoms with Crippen molar-refractivity contribution in [2.45, 2.75) is 89.8 Å². The molecule has 4 rings (SSSR count). The van der Waals surface area contributed by atoms with Crippen molar-refractivity contribution in [3.05, 3.63) is 52.0 Å². The predicted molar refractivity (Wildman–Crippen MR) is 135 cm³/mol. The maximum absolute atomic E-state index is 11.4. The summed E-state index contributed by atoms with van der Waals surface area (Å²) in [5.41, 5.74) is 2.23. The molecular formula is C28H41NO3S. The van der Waals surface area contributed by atoms with Crippen molar-refractivity contribution >= 4 is 11.3 Å². The van der Waals surface area contributed by atoms with E-state index in [-0.39, 0.29) is 6.42 Å². The van der Waals surface area contributed by atoms with E-state index in [0.29, 0.717) is 40.9 Å². The zero-order chi connectivity index (χ0) is 23.6. The van der Waals surface area contributed by atoms with Crippen molar-refractivity contribution in [2.75, 3.05) is 6.61 Å². The third-order valence-corrected chi connectivity index (χ3v) is 9.87. The van der Waals surface area contributed by atoms with Crippen molar-refractivity contribution in [3.8, 4) is 0 Å². The van der Waals surface area contributed by atoms with Gasteiger partial charge in [-0.1, -0.05) is 51.0 Å². The second-order valence-electron chi connectivity index (χ2n) is 11.0. The van der Waals surface area contributed by atoms with Gasteiger partial charge in [0.05, 0.1) is 6.10 Å². The average molecular weight is 472 g/mol. The predicted octanol–water partition coefficient (Wildman–Crippen LogP) is 5.91. The molecule has 0 aromatic carbocycles. The van der Waals surface area contributed by atoms with Crippen molar-refractivity contribution in [1.29, 1.82) is 0 Å². The summed E-state index contributed by atoms with van der Waals surface area (Å²) in [6.45, 7) is 9.48. The molecule has 0 amide bonds. The van der Waals surface area contributed by atoms with E-state index in [4.69, 9.17) is 5.11 Å². The second-order valence-corrected chi connectivity index (χ2v) is 11.9. The number of unbranched alkanes of at least 4 members (excludes halogenated alkanes) is 1. The van der Waals surface area contributed by atoms with Crippen molar-refractivity contribution in [1.82, 2.24) is 4.98 Å². The van der Waals surface area contributed by atoms with Gasteiger partial charge in [0.15, 0.2) is 0 Å². The summed E-state index contributed by atoms with van der Waals surface area (Å²) in [6, 6.07) is 0. The van der Waals surface area contributed by atoms with E-state index in [0.717, 1.165) is 30.8 Å². The minimum absolute atomic E-state index is 0.254. The van der Waals surface area contributed by atoms with E-state index in [9.17, 15) is 10.2 Å². The highest BCUT2D eigenvalue weighted by atomic mass is 32.1. The number of fused-ring (bicyclic) bond motifs is 1. The van der Waals surface area contributed by atoms with Crippen LogP contribution in [0.15, 0.2) is 47.0 Å². The molecule has 1 aromatic rings. The van der Waals surface area contributed by atoms with E-state index in [1.54, 1.807) is 6.20 Å². The molecule has 1 aromatic heterocycles. The molecule has 3 N–H and O–H groups in total. The highest BCUT2D eigenvalue weighted by Crippen LogP contribution is 2.60. The molecular weight excluding hydrogens is 430 g/mol. The van der Waals surface area contributed by atoms with Crippen LogP contribution >= 0.6 is 11.3 Å². The number of aliphatic hydroxyl groups is 3. The van der Waals surface area contributed by atoms with Crippen molar-refractivity contribution in [3.63, 3.8) is 0 Å². The number of rotatable bonds is 7. The topological polar surface area (TPSA) is 73.6 Å². The summed E-state index contributed by atoms with van der Waals surface area (Å²) < 4.78 is 0. The monoisotopic (exact) mass is 471 g/mol. The Morgan fingerprint density at radius 1 is 1.30 bits per heavy atom. The molecule has 5 heteroatoms. The van der Waals surface area contributed by atoms with Crippen LogP contribution in [-0.2, 0) is 5.60 Å². The molecule has 4 nitrogen and oxygen atoms in total. The maximum atomic E-state index is 11.4. The fourth-order valence-electron chi connectivity index (χ4n) is 7.19. The quantitative estimate of drug-likeness (QED) is 0.432. The van der Waals surface area contributed by atoms with Crippen LogP contribution in [0.3, 0.4) is 0 Å². The van der Waals surface area contributed by atoms with Gasteiger partial charge < -0.3 is 15.3 Å². The fourth-order valence-corrected chi connectivity index (χ4v) is 7.97. The first-order chi connectivity index (χ1) is 15.8. The number of thiazole rings is 1. The molecule has 0 spiro atoms. The van der Waals surface area contributed by atoms with E-state index in [1.165, 1.54) is 49.0 Å². The van der Waals surface area contributed by atoms with Crippen LogP contribution in [0, 0.1) is 23.2 Å². The molecule has 0 bridgehead atoms. The van der Waals surface area contributed by atoms with Crippen LogP contribution in [0.2, 0.25) is 0 Å². The number of nitrogens with zero attached hydrogens (tertiary/aromatic N) is 1. The number of allylic oxidation sites excluding steroid dienone is 3. The van der Waals surface area contributed by atoms with E-state index in [1.807, 2.05) is 5.38 Å². The van der Waals surface area contributed by atoms with E-state index in [2.05, 4.69) is 37.6 Å². The lowest BCUT2D eigenvalue weighted by molar-refractivity contribution is 0.00324. The van der Waals surface area contributed by atoms with Crippen LogP contribution in [0.1, 0.15) is 83.1 Å². The van der Waals surface area contributed by atoms with Gasteiger partial charge in [-0.2, -0.15) is 0 Å². The third kappa shape index (κ3) is 4.80. The van der Waals surface area contributed by atoms with E-state index < -0.39 is 11.7 Å². The summed E-state index contributed by atoms with van der Waals surface area (Å²) in [4.78, 5) is 4.33. The van der Waals surface area contributed by atoms with Crippen molar-refractivity contribution in [2.24, 2.45) is 23.2 Å². The Morgan fingerprint density at radius 3 is 2.85 bits per heavy atom. The first-order valence-corrected chi connectivity index (χ1v) is 13.7. The minimum Gasteiger partial charge on any atom is -0.396 e. The lowest BCUT2D eigenvalue weighted by atomic mass is 9.60. The number of aromatic nitrogens is 1. The van der Waals surface area contributed by atoms with Crippen LogP contribution in [-0.4, -0.2) is 33.0 Å². The van der Waals surface area contributed by atoms with Gasteiger partial charge in [0.1, 0.15) is 10.6 Å². The fraction of sp³-hybridized carbons (Fsp3) is 0.679. The Morgan fingerprint density at radius 2 is 2.12 bits per heavy atom. The highest BCUT2D eigenvalue weighted by Gasteiger charge is 2.50. The van der Waals surface area contributed by atoms with Gasteiger partial charge in [0.2, 0.25) is 0 Å². The Kier molecular flexibility index (Phi) is 7.64. The molecule has 0 saturated heterocycles. The number of aliphatic hydroxyl groups excluding tert-OH is 2. The van der Waals surface area contributed by atoms with Gasteiger partial charge in [-0.3, -0.25) is 0 Å². The van der Waals surface area contributed by atoms with Crippen LogP contribution < -0.4 is 0 Å². The van der Waals surface area contributed by atoms with Gasteiger partial charge in [-0.15, -0.1) is 11.3 Å². The average Bonchev–Trinajstić information content (AvgIpc) is 3.43. The standard InChI is InChI=1S/C28H41NO3S/c1-19(7-4-5-15-30)24-11-12-25-21(8-6-13-27(24,25)3)9-10-22-17-23(31)18-28(32,20(22)2)26-29-14-16-33-26/h9-10,14,16,19,23-25,30-32H,2,4-8,11-13,15,17-18H2,1,3H3/b21-9+,22-10-/t19-,23?,24-,25+,27-,28?/m1/s1. The van der Waals surface area contributed by atoms with Gasteiger partial charge in [0.25, 0.3) is 0 Å². The summed E-state index contributed by atoms with van der Waals surface area (Å²) >= 11 is 1.41. The first kappa shape index (κ1) is 24.8. The molecule has 3 saturated carbocycles. The van der Waals surface area contributed by atoms with Crippen LogP contribution in [0.4, 0.5) is 0 Å². The van der Waals surface area contributed by atoms with Gasteiger partial charge in [0, 0.05) is 24.6 Å². The van der Waals surface area contributed by atoms with Gasteiger partial charge in [-0.05, 0) is 79.3 Å². The van der Waals surface area contributed by atoms with E-state index >= 15 is 0 Å². The normalized spacial score (nSPS) is 38.1. The Labute approximate surface area is 203 Å². The Hall–Kier alpha value is -1.27. The largest absolute Gasteiger partial charge is 0.396 e. The zero-order valence-electron chi connectivity index (χ0n) is 20.3. The molecule has 3 fully saturated rings. The minimum atomic E-state index is -1.28. The molecule has 3 aliphatic carbocycles. The highest BCUT2D eigenvalue weighted by molar-refractivity contribution is 7.09. The first-order valence-electron chi connectivity index (χ1n) is 12.8. The molecule has 1 heterocycles. The van der Waals surface area contributed by atoms with Gasteiger partial charge in [-0.25, -0.2) is 4.98 Å². The molecule has 0 radical (unpaired) electrons. The zero-order valence-corrected chi connectivity index (χ0v) is 21.1. The molecule has 2 unspecified atom stereocenters. The summed E-state index contributed by atoms with van der Waals surface area (Å²) in [5, 5.41) is 33.5. The van der Waals surface area contributed by atoms with Crippen LogP contribution in [0.25, 0.3) is 0 Å².